The van der Waals surface area contributed by atoms with Crippen molar-refractivity contribution in [3.05, 3.63) is 18.0 Å². The van der Waals surface area contributed by atoms with Crippen LogP contribution in [-0.2, 0) is 23.1 Å². The molecule has 2 aliphatic heterocycles. The fourth-order valence-electron chi connectivity index (χ4n) is 4.63. The molecule has 1 aromatic rings. The molecule has 4 rings (SSSR count). The smallest absolute Gasteiger partial charge is 0.0677 e. The number of piperidine rings is 1. The van der Waals surface area contributed by atoms with E-state index in [0.29, 0.717) is 6.10 Å². The first-order valence-corrected chi connectivity index (χ1v) is 9.63. The summed E-state index contributed by atoms with van der Waals surface area (Å²) in [7, 11) is 1.99. The average molecular weight is 333 g/mol. The second-order valence-electron chi connectivity index (χ2n) is 8.16. The summed E-state index contributed by atoms with van der Waals surface area (Å²) < 4.78 is 14.3. The summed E-state index contributed by atoms with van der Waals surface area (Å²) in [6.45, 7) is 5.96. The second kappa shape index (κ2) is 7.14. The van der Waals surface area contributed by atoms with Crippen LogP contribution in [0, 0.1) is 11.3 Å². The molecule has 5 nitrogen and oxygen atoms in total. The molecule has 5 heteroatoms. The van der Waals surface area contributed by atoms with Crippen LogP contribution in [0.1, 0.15) is 44.1 Å². The summed E-state index contributed by atoms with van der Waals surface area (Å²) in [6, 6.07) is 0. The summed E-state index contributed by atoms with van der Waals surface area (Å²) in [5, 5.41) is 4.31. The number of ether oxygens (including phenoxy) is 2. The zero-order chi connectivity index (χ0) is 16.4. The van der Waals surface area contributed by atoms with Gasteiger partial charge in [0, 0.05) is 57.1 Å². The minimum Gasteiger partial charge on any atom is -0.380 e. The molecule has 1 aliphatic carbocycles. The maximum atomic E-state index is 6.22. The van der Waals surface area contributed by atoms with E-state index in [1.807, 2.05) is 17.9 Å². The largest absolute Gasteiger partial charge is 0.380 e. The summed E-state index contributed by atoms with van der Waals surface area (Å²) in [5.74, 6) is 0.819. The Hall–Kier alpha value is -0.910. The number of likely N-dealkylation sites (tertiary alicyclic amines) is 1. The lowest BCUT2D eigenvalue weighted by atomic mass is 9.73. The van der Waals surface area contributed by atoms with Gasteiger partial charge in [-0.15, -0.1) is 0 Å². The number of hydrogen-bond acceptors (Lipinski definition) is 4. The van der Waals surface area contributed by atoms with Gasteiger partial charge >= 0.3 is 0 Å². The average Bonchev–Trinajstić information content (AvgIpc) is 2.94. The van der Waals surface area contributed by atoms with Crippen LogP contribution in [0.15, 0.2) is 12.4 Å². The van der Waals surface area contributed by atoms with Crippen LogP contribution in [0.5, 0.6) is 0 Å². The summed E-state index contributed by atoms with van der Waals surface area (Å²) in [4.78, 5) is 2.58. The van der Waals surface area contributed by atoms with Crippen LogP contribution in [0.25, 0.3) is 0 Å². The fraction of sp³-hybridized carbons (Fsp3) is 0.842. The van der Waals surface area contributed by atoms with Crippen molar-refractivity contribution >= 4 is 0 Å². The quantitative estimate of drug-likeness (QED) is 0.802. The highest BCUT2D eigenvalue weighted by Crippen LogP contribution is 2.41. The Bertz CT molecular complexity index is 542. The predicted octanol–water partition coefficient (Wildman–Crippen LogP) is 2.61. The third-order valence-electron chi connectivity index (χ3n) is 6.20. The monoisotopic (exact) mass is 333 g/mol. The highest BCUT2D eigenvalue weighted by molar-refractivity contribution is 5.05. The van der Waals surface area contributed by atoms with E-state index in [1.54, 1.807) is 0 Å². The molecule has 0 unspecified atom stereocenters. The molecule has 0 N–H and O–H groups in total. The first-order valence-electron chi connectivity index (χ1n) is 9.63. The zero-order valence-corrected chi connectivity index (χ0v) is 15.0. The SMILES string of the molecule is Cn1cc(CN2CC[C@@H]3OCCC[C@@]3(COCC3CCC3)C2)cn1. The van der Waals surface area contributed by atoms with Crippen molar-refractivity contribution in [2.75, 3.05) is 32.9 Å². The Morgan fingerprint density at radius 3 is 3.00 bits per heavy atom. The molecule has 3 heterocycles. The van der Waals surface area contributed by atoms with E-state index in [1.165, 1.54) is 37.7 Å². The van der Waals surface area contributed by atoms with Gasteiger partial charge in [0.1, 0.15) is 0 Å². The molecular weight excluding hydrogens is 302 g/mol. The number of fused-ring (bicyclic) bond motifs is 1. The third kappa shape index (κ3) is 3.53. The third-order valence-corrected chi connectivity index (χ3v) is 6.20. The Kier molecular flexibility index (Phi) is 4.93. The first-order chi connectivity index (χ1) is 11.7. The van der Waals surface area contributed by atoms with Gasteiger partial charge in [0.15, 0.2) is 0 Å². The van der Waals surface area contributed by atoms with Crippen molar-refractivity contribution in [2.45, 2.75) is 51.2 Å². The fourth-order valence-corrected chi connectivity index (χ4v) is 4.63. The topological polar surface area (TPSA) is 39.5 Å². The summed E-state index contributed by atoms with van der Waals surface area (Å²) in [6.07, 6.45) is 12.2. The molecule has 0 amide bonds. The molecule has 0 spiro atoms. The molecule has 1 aromatic heterocycles. The van der Waals surface area contributed by atoms with Gasteiger partial charge in [0.25, 0.3) is 0 Å². The van der Waals surface area contributed by atoms with Gasteiger partial charge in [-0.05, 0) is 38.0 Å². The molecule has 0 aromatic carbocycles. The molecule has 1 saturated carbocycles. The predicted molar refractivity (Wildman–Crippen MR) is 92.7 cm³/mol. The van der Waals surface area contributed by atoms with Crippen LogP contribution in [0.3, 0.4) is 0 Å². The molecule has 3 fully saturated rings. The molecule has 0 bridgehead atoms. The summed E-state index contributed by atoms with van der Waals surface area (Å²) >= 11 is 0. The lowest BCUT2D eigenvalue weighted by Gasteiger charge is -2.50. The number of rotatable bonds is 6. The van der Waals surface area contributed by atoms with Crippen LogP contribution >= 0.6 is 0 Å². The number of aromatic nitrogens is 2. The maximum Gasteiger partial charge on any atom is 0.0677 e. The minimum absolute atomic E-state index is 0.197. The molecule has 3 aliphatic rings. The maximum absolute atomic E-state index is 6.22. The number of aryl methyl sites for hydroxylation is 1. The lowest BCUT2D eigenvalue weighted by Crippen LogP contribution is -2.56. The molecule has 134 valence electrons. The molecule has 24 heavy (non-hydrogen) atoms. The Morgan fingerprint density at radius 1 is 1.33 bits per heavy atom. The number of hydrogen-bond donors (Lipinski definition) is 0. The van der Waals surface area contributed by atoms with E-state index >= 15 is 0 Å². The van der Waals surface area contributed by atoms with Crippen molar-refractivity contribution in [1.29, 1.82) is 0 Å². The van der Waals surface area contributed by atoms with Gasteiger partial charge in [-0.1, -0.05) is 6.42 Å². The van der Waals surface area contributed by atoms with Crippen LogP contribution < -0.4 is 0 Å². The van der Waals surface area contributed by atoms with Gasteiger partial charge in [-0.25, -0.2) is 0 Å². The standard InChI is InChI=1S/C19H31N3O2/c1-21-11-17(10-20-21)12-22-8-6-18-19(14-22,7-3-9-24-18)15-23-13-16-4-2-5-16/h10-11,16,18H,2-9,12-15H2,1H3/t18-,19-/m0/s1. The Labute approximate surface area is 145 Å². The van der Waals surface area contributed by atoms with E-state index in [0.717, 1.165) is 51.8 Å². The first kappa shape index (κ1) is 16.6. The second-order valence-corrected chi connectivity index (χ2v) is 8.16. The van der Waals surface area contributed by atoms with Crippen molar-refractivity contribution in [3.8, 4) is 0 Å². The van der Waals surface area contributed by atoms with Crippen molar-refractivity contribution < 1.29 is 9.47 Å². The Balaban J connectivity index is 1.38. The van der Waals surface area contributed by atoms with Gasteiger partial charge in [-0.2, -0.15) is 5.10 Å². The van der Waals surface area contributed by atoms with E-state index in [-0.39, 0.29) is 5.41 Å². The number of nitrogens with zero attached hydrogens (tertiary/aromatic N) is 3. The van der Waals surface area contributed by atoms with Crippen LogP contribution in [0.2, 0.25) is 0 Å². The van der Waals surface area contributed by atoms with Crippen molar-refractivity contribution in [2.24, 2.45) is 18.4 Å². The molecule has 2 atom stereocenters. The van der Waals surface area contributed by atoms with E-state index in [2.05, 4.69) is 16.2 Å². The summed E-state index contributed by atoms with van der Waals surface area (Å²) in [5.41, 5.74) is 1.50. The highest BCUT2D eigenvalue weighted by atomic mass is 16.5. The lowest BCUT2D eigenvalue weighted by molar-refractivity contribution is -0.157. The van der Waals surface area contributed by atoms with Crippen LogP contribution in [0.4, 0.5) is 0 Å². The minimum atomic E-state index is 0.197. The molecule has 0 radical (unpaired) electrons. The van der Waals surface area contributed by atoms with E-state index in [4.69, 9.17) is 9.47 Å². The van der Waals surface area contributed by atoms with Crippen LogP contribution in [-0.4, -0.2) is 53.7 Å². The highest BCUT2D eigenvalue weighted by Gasteiger charge is 2.46. The Morgan fingerprint density at radius 2 is 2.25 bits per heavy atom. The zero-order valence-electron chi connectivity index (χ0n) is 15.0. The van der Waals surface area contributed by atoms with E-state index in [9.17, 15) is 0 Å². The molecule has 2 saturated heterocycles. The van der Waals surface area contributed by atoms with Gasteiger partial charge < -0.3 is 9.47 Å². The van der Waals surface area contributed by atoms with E-state index < -0.39 is 0 Å². The van der Waals surface area contributed by atoms with Gasteiger partial charge in [-0.3, -0.25) is 9.58 Å². The van der Waals surface area contributed by atoms with Crippen molar-refractivity contribution in [1.82, 2.24) is 14.7 Å². The molecular formula is C19H31N3O2. The van der Waals surface area contributed by atoms with Gasteiger partial charge in [0.2, 0.25) is 0 Å². The normalized spacial score (nSPS) is 31.6. The van der Waals surface area contributed by atoms with Crippen molar-refractivity contribution in [3.63, 3.8) is 0 Å². The van der Waals surface area contributed by atoms with Gasteiger partial charge in [0.05, 0.1) is 18.9 Å².